The summed E-state index contributed by atoms with van der Waals surface area (Å²) >= 11 is 0. The minimum atomic E-state index is -0.867. The zero-order valence-corrected chi connectivity index (χ0v) is 14.4. The molecule has 0 unspecified atom stereocenters. The summed E-state index contributed by atoms with van der Waals surface area (Å²) in [6.45, 7) is 3.74. The first-order chi connectivity index (χ1) is 11.2. The molecule has 0 saturated carbocycles. The van der Waals surface area contributed by atoms with Crippen molar-refractivity contribution in [3.8, 4) is 0 Å². The molecule has 1 N–H and O–H groups in total. The molecule has 0 amide bonds. The maximum Gasteiger partial charge on any atom is 0.331 e. The highest BCUT2D eigenvalue weighted by atomic mass is 16.4. The summed E-state index contributed by atoms with van der Waals surface area (Å²) in [5.74, 6) is -0.867. The van der Waals surface area contributed by atoms with Crippen LogP contribution in [0.3, 0.4) is 0 Å². The van der Waals surface area contributed by atoms with Crippen LogP contribution in [-0.4, -0.2) is 11.1 Å². The number of carbonyl (C=O) groups is 1. The van der Waals surface area contributed by atoms with Gasteiger partial charge in [0.2, 0.25) is 0 Å². The molecule has 0 bridgehead atoms. The van der Waals surface area contributed by atoms with E-state index < -0.39 is 5.97 Å². The third-order valence-electron chi connectivity index (χ3n) is 3.04. The molecule has 0 aromatic rings. The molecule has 0 heterocycles. The molecule has 0 aliphatic heterocycles. The Labute approximate surface area is 141 Å². The van der Waals surface area contributed by atoms with E-state index >= 15 is 0 Å². The van der Waals surface area contributed by atoms with Crippen molar-refractivity contribution in [2.24, 2.45) is 0 Å². The number of carboxylic acids is 1. The maximum atomic E-state index is 10.6. The molecule has 23 heavy (non-hydrogen) atoms. The highest BCUT2D eigenvalue weighted by Crippen LogP contribution is 1.99. The van der Waals surface area contributed by atoms with Crippen molar-refractivity contribution in [1.82, 2.24) is 0 Å². The zero-order valence-electron chi connectivity index (χ0n) is 14.4. The van der Waals surface area contributed by atoms with Gasteiger partial charge in [0, 0.05) is 5.57 Å². The maximum absolute atomic E-state index is 10.6. The van der Waals surface area contributed by atoms with E-state index in [4.69, 9.17) is 5.11 Å². The molecule has 0 spiro atoms. The highest BCUT2D eigenvalue weighted by molar-refractivity contribution is 5.86. The van der Waals surface area contributed by atoms with Gasteiger partial charge in [-0.05, 0) is 45.4 Å². The lowest BCUT2D eigenvalue weighted by Crippen LogP contribution is -1.94. The van der Waals surface area contributed by atoms with Crippen molar-refractivity contribution in [2.45, 2.75) is 52.4 Å². The van der Waals surface area contributed by atoms with Crippen molar-refractivity contribution in [1.29, 1.82) is 0 Å². The van der Waals surface area contributed by atoms with E-state index in [-0.39, 0.29) is 0 Å². The number of hydrogen-bond donors (Lipinski definition) is 1. The second-order valence-corrected chi connectivity index (χ2v) is 5.16. The Bertz CT molecular complexity index is 474. The fraction of sp³-hybridized carbons (Fsp3) is 0.381. The standard InChI is InChI=1S/C21H30O2/c1-3-4-5-6-7-8-9-10-11-12-13-14-15-16-17-18-19-20(2)21(22)23/h4-5,7-8,10-11,13-14,17-19H,3,6,9,12,15-16H2,1-2H3,(H,22,23)/b5-4-,8-7-,11-10-,14-13-,18-17+,20-19+. The summed E-state index contributed by atoms with van der Waals surface area (Å²) in [5.41, 5.74) is 0.359. The van der Waals surface area contributed by atoms with Gasteiger partial charge in [-0.2, -0.15) is 0 Å². The molecule has 0 radical (unpaired) electrons. The molecule has 0 saturated heterocycles. The molecular formula is C21H30O2. The van der Waals surface area contributed by atoms with Crippen molar-refractivity contribution in [2.75, 3.05) is 0 Å². The van der Waals surface area contributed by atoms with Crippen molar-refractivity contribution >= 4 is 5.97 Å². The van der Waals surface area contributed by atoms with Crippen LogP contribution in [0.5, 0.6) is 0 Å². The summed E-state index contributed by atoms with van der Waals surface area (Å²) in [6.07, 6.45) is 28.9. The summed E-state index contributed by atoms with van der Waals surface area (Å²) in [6, 6.07) is 0. The Morgan fingerprint density at radius 2 is 1.26 bits per heavy atom. The lowest BCUT2D eigenvalue weighted by molar-refractivity contribution is -0.132. The fourth-order valence-corrected chi connectivity index (χ4v) is 1.67. The van der Waals surface area contributed by atoms with Gasteiger partial charge < -0.3 is 5.11 Å². The van der Waals surface area contributed by atoms with Crippen LogP contribution in [0.15, 0.2) is 72.4 Å². The number of carboxylic acid groups (broad SMARTS) is 1. The summed E-state index contributed by atoms with van der Waals surface area (Å²) < 4.78 is 0. The molecule has 0 rings (SSSR count). The van der Waals surface area contributed by atoms with Gasteiger partial charge in [0.25, 0.3) is 0 Å². The van der Waals surface area contributed by atoms with Crippen molar-refractivity contribution < 1.29 is 9.90 Å². The van der Waals surface area contributed by atoms with Crippen LogP contribution in [0, 0.1) is 0 Å². The Hall–Kier alpha value is -2.09. The SMILES string of the molecule is CC/C=C\C/C=C\C/C=C\C/C=C\CC/C=C/C=C(\C)C(=O)O. The smallest absolute Gasteiger partial charge is 0.331 e. The van der Waals surface area contributed by atoms with E-state index in [2.05, 4.69) is 55.5 Å². The average Bonchev–Trinajstić information content (AvgIpc) is 2.54. The predicted molar refractivity (Wildman–Crippen MR) is 100 cm³/mol. The van der Waals surface area contributed by atoms with E-state index in [1.165, 1.54) is 0 Å². The molecular weight excluding hydrogens is 284 g/mol. The van der Waals surface area contributed by atoms with E-state index in [0.29, 0.717) is 5.57 Å². The van der Waals surface area contributed by atoms with Crippen LogP contribution < -0.4 is 0 Å². The number of aliphatic carboxylic acids is 1. The molecule has 126 valence electrons. The molecule has 0 atom stereocenters. The summed E-state index contributed by atoms with van der Waals surface area (Å²) in [7, 11) is 0. The zero-order chi connectivity index (χ0) is 17.2. The van der Waals surface area contributed by atoms with E-state index in [9.17, 15) is 4.79 Å². The lowest BCUT2D eigenvalue weighted by atomic mass is 10.2. The van der Waals surface area contributed by atoms with E-state index in [0.717, 1.165) is 38.5 Å². The number of unbranched alkanes of at least 4 members (excludes halogenated alkanes) is 1. The number of allylic oxidation sites excluding steroid dienone is 11. The first-order valence-electron chi connectivity index (χ1n) is 8.35. The van der Waals surface area contributed by atoms with Crippen molar-refractivity contribution in [3.63, 3.8) is 0 Å². The third-order valence-corrected chi connectivity index (χ3v) is 3.04. The second kappa shape index (κ2) is 16.3. The molecule has 0 aromatic heterocycles. The van der Waals surface area contributed by atoms with Gasteiger partial charge in [-0.25, -0.2) is 4.79 Å². The first-order valence-corrected chi connectivity index (χ1v) is 8.35. The van der Waals surface area contributed by atoms with Gasteiger partial charge in [-0.3, -0.25) is 0 Å². The molecule has 0 aromatic carbocycles. The molecule has 0 fully saturated rings. The monoisotopic (exact) mass is 314 g/mol. The Morgan fingerprint density at radius 1 is 0.783 bits per heavy atom. The van der Waals surface area contributed by atoms with Gasteiger partial charge in [0.1, 0.15) is 0 Å². The Kier molecular flexibility index (Phi) is 14.8. The topological polar surface area (TPSA) is 37.3 Å². The Morgan fingerprint density at radius 3 is 1.78 bits per heavy atom. The van der Waals surface area contributed by atoms with Gasteiger partial charge in [0.15, 0.2) is 0 Å². The normalized spacial score (nSPS) is 13.6. The predicted octanol–water partition coefficient (Wildman–Crippen LogP) is 6.16. The van der Waals surface area contributed by atoms with E-state index in [1.807, 2.05) is 6.08 Å². The molecule has 0 aliphatic carbocycles. The van der Waals surface area contributed by atoms with Gasteiger partial charge in [-0.1, -0.05) is 73.8 Å². The average molecular weight is 314 g/mol. The summed E-state index contributed by atoms with van der Waals surface area (Å²) in [5, 5.41) is 8.68. The molecule has 2 heteroatoms. The number of rotatable bonds is 12. The largest absolute Gasteiger partial charge is 0.478 e. The first kappa shape index (κ1) is 20.9. The van der Waals surface area contributed by atoms with Gasteiger partial charge >= 0.3 is 5.97 Å². The van der Waals surface area contributed by atoms with Crippen LogP contribution in [-0.2, 0) is 4.79 Å². The summed E-state index contributed by atoms with van der Waals surface area (Å²) in [4.78, 5) is 10.6. The fourth-order valence-electron chi connectivity index (χ4n) is 1.67. The van der Waals surface area contributed by atoms with Crippen molar-refractivity contribution in [3.05, 3.63) is 72.4 Å². The van der Waals surface area contributed by atoms with Gasteiger partial charge in [0.05, 0.1) is 0 Å². The molecule has 2 nitrogen and oxygen atoms in total. The second-order valence-electron chi connectivity index (χ2n) is 5.16. The van der Waals surface area contributed by atoms with Crippen LogP contribution in [0.2, 0.25) is 0 Å². The van der Waals surface area contributed by atoms with Crippen LogP contribution in [0.25, 0.3) is 0 Å². The van der Waals surface area contributed by atoms with Crippen LogP contribution >= 0.6 is 0 Å². The Balaban J connectivity index is 3.62. The van der Waals surface area contributed by atoms with E-state index in [1.54, 1.807) is 19.1 Å². The minimum absolute atomic E-state index is 0.359. The minimum Gasteiger partial charge on any atom is -0.478 e. The van der Waals surface area contributed by atoms with Crippen LogP contribution in [0.4, 0.5) is 0 Å². The number of hydrogen-bond acceptors (Lipinski definition) is 1. The molecule has 0 aliphatic rings. The quantitative estimate of drug-likeness (QED) is 0.203. The highest BCUT2D eigenvalue weighted by Gasteiger charge is 1.95. The third kappa shape index (κ3) is 16.1. The van der Waals surface area contributed by atoms with Gasteiger partial charge in [-0.15, -0.1) is 0 Å². The van der Waals surface area contributed by atoms with Crippen LogP contribution in [0.1, 0.15) is 52.4 Å². The lowest BCUT2D eigenvalue weighted by Gasteiger charge is -1.89.